The van der Waals surface area contributed by atoms with Gasteiger partial charge < -0.3 is 16.3 Å². The van der Waals surface area contributed by atoms with E-state index >= 15 is 0 Å². The van der Waals surface area contributed by atoms with Crippen LogP contribution < -0.4 is 5.32 Å². The van der Waals surface area contributed by atoms with Crippen LogP contribution in [0.3, 0.4) is 0 Å². The summed E-state index contributed by atoms with van der Waals surface area (Å²) < 4.78 is 34.6. The van der Waals surface area contributed by atoms with E-state index in [1.54, 1.807) is 0 Å². The number of nitrogens with zero attached hydrogens (tertiary/aromatic N) is 2. The molecule has 0 atom stereocenters. The Morgan fingerprint density at radius 1 is 0.960 bits per heavy atom. The van der Waals surface area contributed by atoms with Gasteiger partial charge in [0.25, 0.3) is 0 Å². The number of halogens is 1. The van der Waals surface area contributed by atoms with Crippen LogP contribution in [-0.4, -0.2) is 29.3 Å². The van der Waals surface area contributed by atoms with E-state index in [1.807, 2.05) is 26.0 Å². The molecule has 0 spiro atoms. The van der Waals surface area contributed by atoms with Crippen molar-refractivity contribution in [2.45, 2.75) is 18.7 Å². The largest absolute Gasteiger partial charge is 0.412 e. The first-order valence-electron chi connectivity index (χ1n) is 6.88. The minimum Gasteiger partial charge on any atom is -0.412 e. The lowest BCUT2D eigenvalue weighted by atomic mass is 10.1. The monoisotopic (exact) mass is 367 g/mol. The van der Waals surface area contributed by atoms with E-state index < -0.39 is 10.2 Å². The number of aromatic nitrogens is 2. The highest BCUT2D eigenvalue weighted by molar-refractivity contribution is 7.86. The van der Waals surface area contributed by atoms with Crippen LogP contribution >= 0.6 is 0 Å². The Balaban J connectivity index is 0.00000156. The number of anilines is 2. The first-order chi connectivity index (χ1) is 10.8. The summed E-state index contributed by atoms with van der Waals surface area (Å²) in [5.74, 6) is 0.606. The molecule has 25 heavy (non-hydrogen) atoms. The van der Waals surface area contributed by atoms with E-state index in [0.717, 1.165) is 22.0 Å². The second-order valence-electron chi connectivity index (χ2n) is 5.26. The fraction of sp³-hybridized carbons (Fsp3) is 0.125. The Morgan fingerprint density at radius 2 is 1.56 bits per heavy atom. The predicted molar refractivity (Wildman–Crippen MR) is 94.3 cm³/mol. The minimum atomic E-state index is -4.69. The van der Waals surface area contributed by atoms with Gasteiger partial charge in [0, 0.05) is 11.1 Å². The van der Waals surface area contributed by atoms with Crippen molar-refractivity contribution in [1.82, 2.24) is 9.97 Å². The van der Waals surface area contributed by atoms with Gasteiger partial charge in [-0.25, -0.2) is 9.97 Å². The van der Waals surface area contributed by atoms with Crippen molar-refractivity contribution in [3.05, 3.63) is 53.9 Å². The Labute approximate surface area is 144 Å². The van der Waals surface area contributed by atoms with Crippen LogP contribution in [0.4, 0.5) is 15.4 Å². The summed E-state index contributed by atoms with van der Waals surface area (Å²) in [4.78, 5) is 8.11. The van der Waals surface area contributed by atoms with Gasteiger partial charge in [-0.2, -0.15) is 8.42 Å². The van der Waals surface area contributed by atoms with Crippen molar-refractivity contribution in [3.63, 3.8) is 0 Å². The van der Waals surface area contributed by atoms with Gasteiger partial charge in [0.15, 0.2) is 0 Å². The van der Waals surface area contributed by atoms with Crippen LogP contribution in [0.25, 0.3) is 10.9 Å². The smallest absolute Gasteiger partial charge is 0.332 e. The molecular weight excluding hydrogens is 349 g/mol. The highest BCUT2D eigenvalue weighted by atomic mass is 32.3. The van der Waals surface area contributed by atoms with Crippen LogP contribution in [0.15, 0.2) is 47.6 Å². The molecule has 0 fully saturated rings. The maximum absolute atomic E-state index is 12.9. The maximum atomic E-state index is 12.9. The average molecular weight is 367 g/mol. The number of hydrogen-bond donors (Lipinski definition) is 1. The number of fused-ring (bicyclic) bond motifs is 1. The van der Waals surface area contributed by atoms with Crippen LogP contribution in [0.2, 0.25) is 0 Å². The zero-order chi connectivity index (χ0) is 16.6. The van der Waals surface area contributed by atoms with E-state index in [4.69, 9.17) is 0 Å². The van der Waals surface area contributed by atoms with Crippen molar-refractivity contribution < 1.29 is 23.3 Å². The molecule has 5 N–H and O–H groups in total. The van der Waals surface area contributed by atoms with E-state index in [0.29, 0.717) is 11.5 Å². The molecule has 7 nitrogen and oxygen atoms in total. The van der Waals surface area contributed by atoms with E-state index in [9.17, 15) is 12.3 Å². The number of rotatable bonds is 3. The zero-order valence-electron chi connectivity index (χ0n) is 13.5. The summed E-state index contributed by atoms with van der Waals surface area (Å²) >= 11 is 0. The molecule has 134 valence electrons. The molecule has 2 aromatic carbocycles. The summed E-state index contributed by atoms with van der Waals surface area (Å²) in [7, 11) is -4.69. The van der Waals surface area contributed by atoms with E-state index in [1.165, 1.54) is 30.6 Å². The molecule has 0 aliphatic rings. The molecule has 1 aromatic heterocycles. The van der Waals surface area contributed by atoms with Gasteiger partial charge in [-0.1, -0.05) is 0 Å². The van der Waals surface area contributed by atoms with E-state index in [2.05, 4.69) is 15.3 Å². The van der Waals surface area contributed by atoms with E-state index in [-0.39, 0.29) is 15.8 Å². The first-order valence-corrected chi connectivity index (χ1v) is 8.26. The second-order valence-corrected chi connectivity index (χ2v) is 6.61. The van der Waals surface area contributed by atoms with Crippen LogP contribution in [0.5, 0.6) is 0 Å². The Morgan fingerprint density at radius 3 is 2.16 bits per heavy atom. The molecule has 0 saturated carbocycles. The SMILES string of the molecule is Cc1cc2ncnc(Nc3ccc(S(=O)(=O)F)cc3)c2cc1C.O.O. The van der Waals surface area contributed by atoms with Gasteiger partial charge in [-0.3, -0.25) is 0 Å². The van der Waals surface area contributed by atoms with Gasteiger partial charge >= 0.3 is 10.2 Å². The fourth-order valence-corrected chi connectivity index (χ4v) is 2.71. The number of nitrogens with one attached hydrogen (secondary N) is 1. The quantitative estimate of drug-likeness (QED) is 0.706. The normalized spacial score (nSPS) is 10.7. The molecule has 0 amide bonds. The Bertz CT molecular complexity index is 992. The average Bonchev–Trinajstić information content (AvgIpc) is 2.49. The summed E-state index contributed by atoms with van der Waals surface area (Å²) in [6.45, 7) is 4.02. The third-order valence-corrected chi connectivity index (χ3v) is 4.48. The molecule has 0 bridgehead atoms. The first kappa shape index (κ1) is 20.4. The van der Waals surface area contributed by atoms with Gasteiger partial charge in [0.2, 0.25) is 0 Å². The van der Waals surface area contributed by atoms with Crippen molar-refractivity contribution in [1.29, 1.82) is 0 Å². The van der Waals surface area contributed by atoms with Crippen LogP contribution in [0.1, 0.15) is 11.1 Å². The predicted octanol–water partition coefficient (Wildman–Crippen LogP) is 2.00. The molecule has 3 aromatic rings. The molecule has 0 aliphatic heterocycles. The topological polar surface area (TPSA) is 135 Å². The lowest BCUT2D eigenvalue weighted by Crippen LogP contribution is -1.98. The van der Waals surface area contributed by atoms with Crippen LogP contribution in [-0.2, 0) is 10.2 Å². The third-order valence-electron chi connectivity index (χ3n) is 3.65. The lowest BCUT2D eigenvalue weighted by molar-refractivity contribution is 0.552. The maximum Gasteiger partial charge on any atom is 0.332 e. The third kappa shape index (κ3) is 4.27. The Kier molecular flexibility index (Phi) is 6.14. The van der Waals surface area contributed by atoms with Gasteiger partial charge in [-0.05, 0) is 61.4 Å². The number of benzene rings is 2. The molecule has 0 radical (unpaired) electrons. The molecule has 0 unspecified atom stereocenters. The fourth-order valence-electron chi connectivity index (χ4n) is 2.25. The van der Waals surface area contributed by atoms with Crippen molar-refractivity contribution in [3.8, 4) is 0 Å². The highest BCUT2D eigenvalue weighted by Gasteiger charge is 2.11. The van der Waals surface area contributed by atoms with Crippen molar-refractivity contribution in [2.24, 2.45) is 0 Å². The molecular formula is C16H18FN3O4S. The molecule has 3 rings (SSSR count). The highest BCUT2D eigenvalue weighted by Crippen LogP contribution is 2.26. The zero-order valence-corrected chi connectivity index (χ0v) is 14.4. The minimum absolute atomic E-state index is 0. The standard InChI is InChI=1S/C16H14FN3O2S.2H2O/c1-10-7-14-15(8-11(10)2)18-9-19-16(14)20-12-3-5-13(6-4-12)23(17,21)22;;/h3-9H,1-2H3,(H,18,19,20);2*1H2. The lowest BCUT2D eigenvalue weighted by Gasteiger charge is -2.10. The second kappa shape index (κ2) is 7.51. The molecule has 0 saturated heterocycles. The molecule has 0 aliphatic carbocycles. The van der Waals surface area contributed by atoms with Crippen molar-refractivity contribution in [2.75, 3.05) is 5.32 Å². The summed E-state index contributed by atoms with van der Waals surface area (Å²) in [5.41, 5.74) is 3.68. The Hall–Kier alpha value is -2.62. The molecule has 9 heteroatoms. The molecule has 1 heterocycles. The summed E-state index contributed by atoms with van der Waals surface area (Å²) in [6.07, 6.45) is 1.46. The van der Waals surface area contributed by atoms with Gasteiger partial charge in [0.1, 0.15) is 12.1 Å². The number of hydrogen-bond acceptors (Lipinski definition) is 5. The summed E-state index contributed by atoms with van der Waals surface area (Å²) in [6, 6.07) is 9.36. The summed E-state index contributed by atoms with van der Waals surface area (Å²) in [5, 5.41) is 3.96. The van der Waals surface area contributed by atoms with Crippen LogP contribution in [0, 0.1) is 13.8 Å². The van der Waals surface area contributed by atoms with Crippen molar-refractivity contribution >= 4 is 32.6 Å². The van der Waals surface area contributed by atoms with Gasteiger partial charge in [-0.15, -0.1) is 3.89 Å². The number of aryl methyl sites for hydroxylation is 2. The van der Waals surface area contributed by atoms with Gasteiger partial charge in [0.05, 0.1) is 10.4 Å².